The average molecular weight is 583 g/mol. The van der Waals surface area contributed by atoms with E-state index in [0.717, 1.165) is 5.56 Å². The Bertz CT molecular complexity index is 1370. The number of hydrogen-bond donors (Lipinski definition) is 2. The van der Waals surface area contributed by atoms with Crippen LogP contribution in [0.1, 0.15) is 59.8 Å². The zero-order valence-corrected chi connectivity index (χ0v) is 24.3. The molecule has 0 saturated carbocycles. The number of alkyl carbamates (subject to hydrolysis) is 1. The molecule has 1 aliphatic rings. The molecular weight excluding hydrogens is 549 g/mol. The molecule has 0 radical (unpaired) electrons. The van der Waals surface area contributed by atoms with Crippen LogP contribution in [0, 0.1) is 0 Å². The van der Waals surface area contributed by atoms with Crippen LogP contribution in [0.2, 0.25) is 10.0 Å². The van der Waals surface area contributed by atoms with Crippen molar-refractivity contribution in [2.75, 3.05) is 19.6 Å². The van der Waals surface area contributed by atoms with Crippen LogP contribution in [-0.4, -0.2) is 48.0 Å². The second-order valence-electron chi connectivity index (χ2n) is 10.6. The Labute approximate surface area is 244 Å². The Morgan fingerprint density at radius 2 is 1.60 bits per heavy atom. The number of halogens is 2. The van der Waals surface area contributed by atoms with Crippen LogP contribution >= 0.6 is 23.2 Å². The Kier molecular flexibility index (Phi) is 9.38. The number of ether oxygens (including phenoxy) is 1. The molecule has 0 aliphatic carbocycles. The smallest absolute Gasteiger partial charge is 0.407 e. The van der Waals surface area contributed by atoms with Crippen molar-refractivity contribution in [2.24, 2.45) is 0 Å². The molecular formula is C31H33Cl2N3O4. The minimum absolute atomic E-state index is 0.118. The molecule has 2 N–H and O–H groups in total. The van der Waals surface area contributed by atoms with Crippen molar-refractivity contribution in [3.05, 3.63) is 105 Å². The molecule has 3 amide bonds. The molecule has 210 valence electrons. The molecule has 4 rings (SSSR count). The van der Waals surface area contributed by atoms with Crippen molar-refractivity contribution in [3.8, 4) is 0 Å². The summed E-state index contributed by atoms with van der Waals surface area (Å²) in [4.78, 5) is 41.6. The third kappa shape index (κ3) is 7.14. The Morgan fingerprint density at radius 3 is 2.30 bits per heavy atom. The van der Waals surface area contributed by atoms with Gasteiger partial charge in [-0.15, -0.1) is 0 Å². The first-order valence-corrected chi connectivity index (χ1v) is 13.9. The van der Waals surface area contributed by atoms with Gasteiger partial charge in [0.1, 0.15) is 5.60 Å². The molecule has 1 aliphatic heterocycles. The summed E-state index contributed by atoms with van der Waals surface area (Å²) < 4.78 is 5.34. The SMILES string of the molecule is CC(C)(C)OC(=O)NCCN1C(=O)c2ccccc2[C@@H](C(=O)NCCc2ccccc2)[C@@H]1c1ccc(Cl)cc1Cl. The van der Waals surface area contributed by atoms with Gasteiger partial charge in [-0.3, -0.25) is 9.59 Å². The average Bonchev–Trinajstić information content (AvgIpc) is 2.89. The highest BCUT2D eigenvalue weighted by atomic mass is 35.5. The van der Waals surface area contributed by atoms with E-state index in [1.807, 2.05) is 42.5 Å². The van der Waals surface area contributed by atoms with Crippen molar-refractivity contribution < 1.29 is 19.1 Å². The molecule has 0 aromatic heterocycles. The number of rotatable bonds is 8. The fourth-order valence-corrected chi connectivity index (χ4v) is 5.41. The van der Waals surface area contributed by atoms with Gasteiger partial charge in [-0.05, 0) is 62.1 Å². The summed E-state index contributed by atoms with van der Waals surface area (Å²) in [5.41, 5.74) is 2.09. The molecule has 0 fully saturated rings. The first-order valence-electron chi connectivity index (χ1n) is 13.2. The third-order valence-corrected chi connectivity index (χ3v) is 7.14. The van der Waals surface area contributed by atoms with Crippen molar-refractivity contribution in [2.45, 2.75) is 44.8 Å². The first-order chi connectivity index (χ1) is 19.0. The van der Waals surface area contributed by atoms with Crippen LogP contribution in [0.25, 0.3) is 0 Å². The van der Waals surface area contributed by atoms with Gasteiger partial charge in [0.2, 0.25) is 5.91 Å². The predicted molar refractivity (Wildman–Crippen MR) is 157 cm³/mol. The minimum Gasteiger partial charge on any atom is -0.444 e. The predicted octanol–water partition coefficient (Wildman–Crippen LogP) is 6.16. The van der Waals surface area contributed by atoms with Gasteiger partial charge >= 0.3 is 6.09 Å². The van der Waals surface area contributed by atoms with E-state index in [1.54, 1.807) is 56.0 Å². The number of fused-ring (bicyclic) bond motifs is 1. The fraction of sp³-hybridized carbons (Fsp3) is 0.323. The topological polar surface area (TPSA) is 87.7 Å². The van der Waals surface area contributed by atoms with E-state index in [9.17, 15) is 14.4 Å². The van der Waals surface area contributed by atoms with Gasteiger partial charge in [-0.1, -0.05) is 77.8 Å². The van der Waals surface area contributed by atoms with Crippen molar-refractivity contribution in [1.82, 2.24) is 15.5 Å². The summed E-state index contributed by atoms with van der Waals surface area (Å²) in [5.74, 6) is -1.23. The highest BCUT2D eigenvalue weighted by molar-refractivity contribution is 6.35. The Hall–Kier alpha value is -3.55. The Morgan fingerprint density at radius 1 is 0.900 bits per heavy atom. The van der Waals surface area contributed by atoms with Gasteiger partial charge < -0.3 is 20.3 Å². The largest absolute Gasteiger partial charge is 0.444 e. The summed E-state index contributed by atoms with van der Waals surface area (Å²) in [6, 6.07) is 21.3. The summed E-state index contributed by atoms with van der Waals surface area (Å²) >= 11 is 12.9. The molecule has 1 heterocycles. The van der Waals surface area contributed by atoms with E-state index >= 15 is 0 Å². The van der Waals surface area contributed by atoms with Crippen LogP contribution in [0.3, 0.4) is 0 Å². The summed E-state index contributed by atoms with van der Waals surface area (Å²) in [6.07, 6.45) is 0.0732. The molecule has 3 aromatic carbocycles. The summed E-state index contributed by atoms with van der Waals surface area (Å²) in [7, 11) is 0. The van der Waals surface area contributed by atoms with Gasteiger partial charge in [-0.2, -0.15) is 0 Å². The maximum absolute atomic E-state index is 13.9. The number of nitrogens with one attached hydrogen (secondary N) is 2. The molecule has 9 heteroatoms. The van der Waals surface area contributed by atoms with Crippen molar-refractivity contribution in [3.63, 3.8) is 0 Å². The van der Waals surface area contributed by atoms with E-state index in [1.165, 1.54) is 0 Å². The monoisotopic (exact) mass is 581 g/mol. The lowest BCUT2D eigenvalue weighted by molar-refractivity contribution is -0.124. The molecule has 3 aromatic rings. The molecule has 0 unspecified atom stereocenters. The standard InChI is InChI=1S/C31H33Cl2N3O4/c1-31(2,3)40-30(39)35-17-18-36-27(24-14-13-21(32)19-25(24)33)26(22-11-7-8-12-23(22)29(36)38)28(37)34-16-15-20-9-5-4-6-10-20/h4-14,19,26-27H,15-18H2,1-3H3,(H,34,37)(H,35,39)/t26-,27+/m1/s1. The van der Waals surface area contributed by atoms with Crippen LogP contribution in [0.15, 0.2) is 72.8 Å². The van der Waals surface area contributed by atoms with E-state index in [-0.39, 0.29) is 24.9 Å². The highest BCUT2D eigenvalue weighted by Gasteiger charge is 2.44. The molecule has 0 spiro atoms. The van der Waals surface area contributed by atoms with Crippen molar-refractivity contribution >= 4 is 41.1 Å². The third-order valence-electron chi connectivity index (χ3n) is 6.58. The molecule has 0 saturated heterocycles. The van der Waals surface area contributed by atoms with E-state index < -0.39 is 23.7 Å². The fourth-order valence-electron chi connectivity index (χ4n) is 4.89. The van der Waals surface area contributed by atoms with E-state index in [2.05, 4.69) is 10.6 Å². The normalized spacial score (nSPS) is 16.7. The number of hydrogen-bond acceptors (Lipinski definition) is 4. The lowest BCUT2D eigenvalue weighted by atomic mass is 9.79. The van der Waals surface area contributed by atoms with Gasteiger partial charge in [0.05, 0.1) is 12.0 Å². The first kappa shape index (κ1) is 29.4. The van der Waals surface area contributed by atoms with E-state index in [4.69, 9.17) is 27.9 Å². The molecule has 7 nitrogen and oxygen atoms in total. The number of carbonyl (C=O) groups is 3. The lowest BCUT2D eigenvalue weighted by Crippen LogP contribution is -2.50. The highest BCUT2D eigenvalue weighted by Crippen LogP contribution is 2.45. The van der Waals surface area contributed by atoms with Crippen LogP contribution < -0.4 is 10.6 Å². The second kappa shape index (κ2) is 12.7. The summed E-state index contributed by atoms with van der Waals surface area (Å²) in [5, 5.41) is 6.57. The quantitative estimate of drug-likeness (QED) is 0.333. The summed E-state index contributed by atoms with van der Waals surface area (Å²) in [6.45, 7) is 6.00. The number of nitrogens with zero attached hydrogens (tertiary/aromatic N) is 1. The van der Waals surface area contributed by atoms with Gasteiger partial charge in [-0.25, -0.2) is 4.79 Å². The molecule has 40 heavy (non-hydrogen) atoms. The van der Waals surface area contributed by atoms with Crippen LogP contribution in [0.4, 0.5) is 4.79 Å². The number of benzene rings is 3. The van der Waals surface area contributed by atoms with Gasteiger partial charge in [0.25, 0.3) is 5.91 Å². The van der Waals surface area contributed by atoms with Crippen molar-refractivity contribution in [1.29, 1.82) is 0 Å². The lowest BCUT2D eigenvalue weighted by Gasteiger charge is -2.42. The van der Waals surface area contributed by atoms with E-state index in [0.29, 0.717) is 39.7 Å². The van der Waals surface area contributed by atoms with Crippen LogP contribution in [-0.2, 0) is 16.0 Å². The minimum atomic E-state index is -0.745. The zero-order valence-electron chi connectivity index (χ0n) is 22.7. The molecule has 2 atom stereocenters. The van der Waals surface area contributed by atoms with Gasteiger partial charge in [0.15, 0.2) is 0 Å². The molecule has 0 bridgehead atoms. The number of amides is 3. The maximum Gasteiger partial charge on any atom is 0.407 e. The second-order valence-corrected chi connectivity index (χ2v) is 11.5. The zero-order chi connectivity index (χ0) is 28.9. The number of carbonyl (C=O) groups excluding carboxylic acids is 3. The van der Waals surface area contributed by atoms with Gasteiger partial charge in [0, 0.05) is 35.2 Å². The Balaban J connectivity index is 1.66. The van der Waals surface area contributed by atoms with Crippen LogP contribution in [0.5, 0.6) is 0 Å². The maximum atomic E-state index is 13.9.